The second kappa shape index (κ2) is 8.89. The molecule has 0 aromatic carbocycles. The van der Waals surface area contributed by atoms with Crippen molar-refractivity contribution in [3.63, 3.8) is 0 Å². The molecule has 2 fully saturated rings. The van der Waals surface area contributed by atoms with Gasteiger partial charge in [-0.3, -0.25) is 14.7 Å². The Morgan fingerprint density at radius 3 is 2.69 bits per heavy atom. The summed E-state index contributed by atoms with van der Waals surface area (Å²) in [5.74, 6) is 1.06. The van der Waals surface area contributed by atoms with Gasteiger partial charge in [-0.15, -0.1) is 16.4 Å². The highest BCUT2D eigenvalue weighted by Gasteiger charge is 2.44. The number of rotatable bonds is 7. The molecule has 4 rings (SSSR count). The van der Waals surface area contributed by atoms with Crippen molar-refractivity contribution < 1.29 is 9.53 Å². The average molecular weight is 419 g/mol. The monoisotopic (exact) mass is 418 g/mol. The van der Waals surface area contributed by atoms with Gasteiger partial charge >= 0.3 is 0 Å². The van der Waals surface area contributed by atoms with Gasteiger partial charge in [0.25, 0.3) is 5.91 Å². The predicted octanol–water partition coefficient (Wildman–Crippen LogP) is 2.31. The van der Waals surface area contributed by atoms with Crippen molar-refractivity contribution >= 4 is 17.2 Å². The maximum atomic E-state index is 12.7. The number of carbonyl (C=O) groups is 1. The maximum absolute atomic E-state index is 12.7. The first-order valence-corrected chi connectivity index (χ1v) is 11.3. The zero-order valence-corrected chi connectivity index (χ0v) is 18.2. The van der Waals surface area contributed by atoms with Gasteiger partial charge in [0.2, 0.25) is 0 Å². The molecule has 1 saturated heterocycles. The topological polar surface area (TPSA) is 76.4 Å². The van der Waals surface area contributed by atoms with Gasteiger partial charge in [-0.1, -0.05) is 19.1 Å². The van der Waals surface area contributed by atoms with Crippen LogP contribution in [0, 0.1) is 11.8 Å². The van der Waals surface area contributed by atoms with E-state index in [0.29, 0.717) is 11.8 Å². The summed E-state index contributed by atoms with van der Waals surface area (Å²) in [6, 6.07) is 0.164. The third kappa shape index (κ3) is 4.22. The van der Waals surface area contributed by atoms with Gasteiger partial charge in [0.15, 0.2) is 0 Å². The van der Waals surface area contributed by atoms with E-state index in [4.69, 9.17) is 4.74 Å². The van der Waals surface area contributed by atoms with E-state index in [9.17, 15) is 4.79 Å². The number of carbonyl (C=O) groups excluding carboxylic acids is 1. The number of fused-ring (bicyclic) bond motifs is 1. The lowest BCUT2D eigenvalue weighted by atomic mass is 9.77. The molecule has 0 N–H and O–H groups in total. The Labute approximate surface area is 175 Å². The first-order chi connectivity index (χ1) is 14.1. The Bertz CT molecular complexity index is 806. The fourth-order valence-corrected chi connectivity index (χ4v) is 5.38. The molecule has 0 bridgehead atoms. The molecule has 158 valence electrons. The highest BCUT2D eigenvalue weighted by molar-refractivity contribution is 7.11. The van der Waals surface area contributed by atoms with Crippen LogP contribution in [0.4, 0.5) is 0 Å². The number of aromatic nitrogens is 4. The van der Waals surface area contributed by atoms with Crippen LogP contribution < -0.4 is 0 Å². The molecule has 0 unspecified atom stereocenters. The lowest BCUT2D eigenvalue weighted by molar-refractivity contribution is -0.00547. The Kier molecular flexibility index (Phi) is 6.26. The van der Waals surface area contributed by atoms with Crippen molar-refractivity contribution in [3.05, 3.63) is 28.5 Å². The summed E-state index contributed by atoms with van der Waals surface area (Å²) in [4.78, 5) is 21.8. The second-order valence-corrected chi connectivity index (χ2v) is 8.95. The fourth-order valence-electron chi connectivity index (χ4n) is 4.79. The van der Waals surface area contributed by atoms with E-state index in [2.05, 4.69) is 40.2 Å². The molecular weight excluding hydrogens is 388 g/mol. The van der Waals surface area contributed by atoms with Crippen LogP contribution in [0.15, 0.2) is 17.9 Å². The highest BCUT2D eigenvalue weighted by Crippen LogP contribution is 2.42. The van der Waals surface area contributed by atoms with Crippen LogP contribution in [0.3, 0.4) is 0 Å². The van der Waals surface area contributed by atoms with E-state index in [1.807, 2.05) is 9.58 Å². The van der Waals surface area contributed by atoms with Crippen molar-refractivity contribution in [2.24, 2.45) is 11.8 Å². The van der Waals surface area contributed by atoms with E-state index in [0.717, 1.165) is 56.1 Å². The molecule has 1 aliphatic carbocycles. The quantitative estimate of drug-likeness (QED) is 0.687. The molecule has 29 heavy (non-hydrogen) atoms. The van der Waals surface area contributed by atoms with Crippen molar-refractivity contribution in [2.75, 3.05) is 33.3 Å². The van der Waals surface area contributed by atoms with Crippen LogP contribution in [0.2, 0.25) is 0 Å². The van der Waals surface area contributed by atoms with Crippen LogP contribution in [-0.2, 0) is 11.3 Å². The second-order valence-electron chi connectivity index (χ2n) is 8.06. The molecular formula is C20H30N6O2S. The molecule has 9 heteroatoms. The molecule has 2 aliphatic rings. The Morgan fingerprint density at radius 1 is 1.28 bits per heavy atom. The van der Waals surface area contributed by atoms with Gasteiger partial charge in [-0.2, -0.15) is 0 Å². The van der Waals surface area contributed by atoms with Crippen LogP contribution in [0.25, 0.3) is 0 Å². The summed E-state index contributed by atoms with van der Waals surface area (Å²) >= 11 is 1.41. The van der Waals surface area contributed by atoms with Gasteiger partial charge in [-0.25, -0.2) is 4.68 Å². The molecule has 2 aromatic rings. The summed E-state index contributed by atoms with van der Waals surface area (Å²) < 4.78 is 7.85. The smallest absolute Gasteiger partial charge is 0.265 e. The van der Waals surface area contributed by atoms with Crippen LogP contribution in [0.1, 0.15) is 48.1 Å². The van der Waals surface area contributed by atoms with Gasteiger partial charge in [0.1, 0.15) is 4.88 Å². The predicted molar refractivity (Wildman–Crippen MR) is 111 cm³/mol. The zero-order valence-electron chi connectivity index (χ0n) is 17.4. The van der Waals surface area contributed by atoms with Crippen molar-refractivity contribution in [2.45, 2.75) is 45.4 Å². The van der Waals surface area contributed by atoms with E-state index in [1.54, 1.807) is 18.8 Å². The third-order valence-corrected chi connectivity index (χ3v) is 7.26. The summed E-state index contributed by atoms with van der Waals surface area (Å²) in [7, 11) is 1.78. The number of ether oxygens (including phenoxy) is 1. The molecule has 0 radical (unpaired) electrons. The average Bonchev–Trinajstić information content (AvgIpc) is 3.50. The first-order valence-electron chi connectivity index (χ1n) is 10.5. The minimum Gasteiger partial charge on any atom is -0.379 e. The molecule has 8 nitrogen and oxygen atoms in total. The molecule has 1 saturated carbocycles. The number of hydrogen-bond donors (Lipinski definition) is 0. The van der Waals surface area contributed by atoms with Crippen LogP contribution >= 0.6 is 11.3 Å². The first kappa shape index (κ1) is 20.4. The summed E-state index contributed by atoms with van der Waals surface area (Å²) in [5.41, 5.74) is 2.72. The van der Waals surface area contributed by atoms with E-state index < -0.39 is 0 Å². The molecule has 2 aromatic heterocycles. The van der Waals surface area contributed by atoms with E-state index in [1.165, 1.54) is 11.3 Å². The summed E-state index contributed by atoms with van der Waals surface area (Å²) in [6.07, 6.45) is 5.75. The minimum absolute atomic E-state index is 0.0951. The zero-order chi connectivity index (χ0) is 20.4. The number of amides is 1. The minimum atomic E-state index is 0.0951. The van der Waals surface area contributed by atoms with Gasteiger partial charge < -0.3 is 9.64 Å². The van der Waals surface area contributed by atoms with Gasteiger partial charge in [-0.05, 0) is 37.8 Å². The number of hydrogen-bond acceptors (Lipinski definition) is 7. The molecule has 1 aliphatic heterocycles. The highest BCUT2D eigenvalue weighted by atomic mass is 32.1. The molecule has 0 spiro atoms. The van der Waals surface area contributed by atoms with Crippen LogP contribution in [0.5, 0.6) is 0 Å². The number of likely N-dealkylation sites (tertiary alicyclic amines) is 1. The van der Waals surface area contributed by atoms with Crippen molar-refractivity contribution in [3.8, 4) is 0 Å². The third-order valence-electron chi connectivity index (χ3n) is 6.50. The standard InChI is InChI=1S/C20H30N6O2S/c1-4-24(5-2)11-16-12-26(23-22-16)17-6-14-9-25(10-15(14)7-18(17)28-3)20(27)19-8-21-13-29-19/h8,12-15,17-18H,4-7,9-11H2,1-3H3/t14-,15+,17-,18-/m1/s1. The van der Waals surface area contributed by atoms with Crippen molar-refractivity contribution in [1.29, 1.82) is 0 Å². The SMILES string of the molecule is CCN(CC)Cc1cn([C@@H]2C[C@@H]3CN(C(=O)c4cncs4)C[C@@H]3C[C@H]2OC)nn1. The largest absolute Gasteiger partial charge is 0.379 e. The maximum Gasteiger partial charge on any atom is 0.265 e. The van der Waals surface area contributed by atoms with E-state index in [-0.39, 0.29) is 18.1 Å². The fraction of sp³-hybridized carbons (Fsp3) is 0.700. The molecule has 4 atom stereocenters. The number of thiazole rings is 1. The Hall–Kier alpha value is -1.84. The lowest BCUT2D eigenvalue weighted by Gasteiger charge is -2.36. The van der Waals surface area contributed by atoms with Gasteiger partial charge in [0.05, 0.1) is 35.7 Å². The number of methoxy groups -OCH3 is 1. The van der Waals surface area contributed by atoms with Crippen LogP contribution in [-0.4, -0.2) is 75.1 Å². The van der Waals surface area contributed by atoms with Gasteiger partial charge in [0, 0.05) is 26.7 Å². The molecule has 3 heterocycles. The normalized spacial score (nSPS) is 26.8. The Balaban J connectivity index is 1.45. The lowest BCUT2D eigenvalue weighted by Crippen LogP contribution is -2.37. The number of nitrogens with zero attached hydrogens (tertiary/aromatic N) is 6. The Morgan fingerprint density at radius 2 is 2.03 bits per heavy atom. The summed E-state index contributed by atoms with van der Waals surface area (Å²) in [6.45, 7) is 8.75. The van der Waals surface area contributed by atoms with E-state index >= 15 is 0 Å². The van der Waals surface area contributed by atoms with Crippen molar-refractivity contribution in [1.82, 2.24) is 29.8 Å². The summed E-state index contributed by atoms with van der Waals surface area (Å²) in [5, 5.41) is 8.85. The molecule has 1 amide bonds.